The van der Waals surface area contributed by atoms with Crippen LogP contribution in [0, 0.1) is 6.92 Å². The minimum absolute atomic E-state index is 0.259. The fraction of sp³-hybridized carbons (Fsp3) is 0.250. The van der Waals surface area contributed by atoms with E-state index in [1.165, 1.54) is 0 Å². The maximum absolute atomic E-state index is 11.6. The third kappa shape index (κ3) is 1.61. The summed E-state index contributed by atoms with van der Waals surface area (Å²) < 4.78 is 6.96. The minimum Gasteiger partial charge on any atom is -0.462 e. The summed E-state index contributed by atoms with van der Waals surface area (Å²) in [5, 5.41) is 0. The molecular weight excluding hydrogens is 190 g/mol. The van der Waals surface area contributed by atoms with E-state index in [0.717, 1.165) is 11.2 Å². The molecule has 0 bridgehead atoms. The van der Waals surface area contributed by atoms with Gasteiger partial charge < -0.3 is 9.14 Å². The lowest BCUT2D eigenvalue weighted by Gasteiger charge is -2.02. The molecule has 0 N–H and O–H groups in total. The summed E-state index contributed by atoms with van der Waals surface area (Å²) in [4.78, 5) is 11.6. The summed E-state index contributed by atoms with van der Waals surface area (Å²) in [7, 11) is 0. The molecule has 0 aliphatic heterocycles. The number of carbonyl (C=O) groups excluding carboxylic acids is 1. The standard InChI is InChI=1S/C12H13NO2/c1-3-15-12(14)10-7-8-13-9(2)5-4-6-11(10)13/h4-8H,3H2,1-2H3. The first-order valence-electron chi connectivity index (χ1n) is 4.98. The van der Waals surface area contributed by atoms with Gasteiger partial charge in [-0.15, -0.1) is 0 Å². The Morgan fingerprint density at radius 1 is 1.40 bits per heavy atom. The molecule has 0 radical (unpaired) electrons. The highest BCUT2D eigenvalue weighted by molar-refractivity contribution is 5.97. The van der Waals surface area contributed by atoms with Gasteiger partial charge in [0.05, 0.1) is 17.7 Å². The van der Waals surface area contributed by atoms with Crippen LogP contribution in [0.1, 0.15) is 23.0 Å². The van der Waals surface area contributed by atoms with Crippen LogP contribution in [-0.4, -0.2) is 17.0 Å². The molecule has 0 aliphatic rings. The molecule has 0 aromatic carbocycles. The molecule has 0 aliphatic carbocycles. The molecule has 2 aromatic heterocycles. The van der Waals surface area contributed by atoms with Crippen molar-refractivity contribution in [2.24, 2.45) is 0 Å². The van der Waals surface area contributed by atoms with Crippen molar-refractivity contribution < 1.29 is 9.53 Å². The predicted octanol–water partition coefficient (Wildman–Crippen LogP) is 2.42. The van der Waals surface area contributed by atoms with Crippen LogP contribution >= 0.6 is 0 Å². The van der Waals surface area contributed by atoms with E-state index in [1.54, 1.807) is 13.0 Å². The number of fused-ring (bicyclic) bond motifs is 1. The number of hydrogen-bond donors (Lipinski definition) is 0. The van der Waals surface area contributed by atoms with E-state index in [4.69, 9.17) is 4.74 Å². The first kappa shape index (κ1) is 9.77. The van der Waals surface area contributed by atoms with Crippen molar-refractivity contribution in [3.05, 3.63) is 41.7 Å². The Bertz CT molecular complexity index is 499. The van der Waals surface area contributed by atoms with Crippen molar-refractivity contribution in [3.8, 4) is 0 Å². The van der Waals surface area contributed by atoms with E-state index in [9.17, 15) is 4.79 Å². The maximum Gasteiger partial charge on any atom is 0.340 e. The molecule has 0 atom stereocenters. The number of hydrogen-bond acceptors (Lipinski definition) is 2. The number of aromatic nitrogens is 1. The van der Waals surface area contributed by atoms with Gasteiger partial charge in [0.25, 0.3) is 0 Å². The monoisotopic (exact) mass is 203 g/mol. The van der Waals surface area contributed by atoms with Crippen LogP contribution in [-0.2, 0) is 4.74 Å². The van der Waals surface area contributed by atoms with E-state index in [1.807, 2.05) is 35.7 Å². The van der Waals surface area contributed by atoms with Crippen LogP contribution in [0.3, 0.4) is 0 Å². The van der Waals surface area contributed by atoms with Gasteiger partial charge >= 0.3 is 5.97 Å². The Morgan fingerprint density at radius 2 is 2.20 bits per heavy atom. The second-order valence-corrected chi connectivity index (χ2v) is 3.37. The molecule has 2 rings (SSSR count). The Kier molecular flexibility index (Phi) is 2.46. The van der Waals surface area contributed by atoms with Crippen molar-refractivity contribution in [1.82, 2.24) is 4.40 Å². The first-order chi connectivity index (χ1) is 7.24. The highest BCUT2D eigenvalue weighted by Gasteiger charge is 2.12. The number of rotatable bonds is 2. The van der Waals surface area contributed by atoms with Crippen molar-refractivity contribution in [2.45, 2.75) is 13.8 Å². The van der Waals surface area contributed by atoms with Gasteiger partial charge in [-0.2, -0.15) is 0 Å². The zero-order chi connectivity index (χ0) is 10.8. The van der Waals surface area contributed by atoms with Crippen molar-refractivity contribution in [1.29, 1.82) is 0 Å². The highest BCUT2D eigenvalue weighted by Crippen LogP contribution is 2.15. The van der Waals surface area contributed by atoms with Gasteiger partial charge in [-0.3, -0.25) is 0 Å². The van der Waals surface area contributed by atoms with Crippen LogP contribution in [0.5, 0.6) is 0 Å². The summed E-state index contributed by atoms with van der Waals surface area (Å²) in [6, 6.07) is 7.65. The van der Waals surface area contributed by atoms with Gasteiger partial charge in [0.1, 0.15) is 0 Å². The number of ether oxygens (including phenoxy) is 1. The number of aryl methyl sites for hydroxylation is 1. The fourth-order valence-corrected chi connectivity index (χ4v) is 1.66. The van der Waals surface area contributed by atoms with E-state index in [0.29, 0.717) is 12.2 Å². The predicted molar refractivity (Wildman–Crippen MR) is 58.1 cm³/mol. The normalized spacial score (nSPS) is 10.5. The molecule has 0 saturated carbocycles. The second kappa shape index (κ2) is 3.77. The number of nitrogens with zero attached hydrogens (tertiary/aromatic N) is 1. The minimum atomic E-state index is -0.259. The van der Waals surface area contributed by atoms with Gasteiger partial charge in [0.2, 0.25) is 0 Å². The summed E-state index contributed by atoms with van der Waals surface area (Å²) in [5.41, 5.74) is 2.62. The molecule has 0 spiro atoms. The third-order valence-electron chi connectivity index (χ3n) is 2.39. The van der Waals surface area contributed by atoms with E-state index in [2.05, 4.69) is 0 Å². The van der Waals surface area contributed by atoms with Gasteiger partial charge in [0, 0.05) is 11.9 Å². The summed E-state index contributed by atoms with van der Waals surface area (Å²) in [6.45, 7) is 4.21. The molecule has 0 fully saturated rings. The molecular formula is C12H13NO2. The van der Waals surface area contributed by atoms with Crippen LogP contribution in [0.4, 0.5) is 0 Å². The number of pyridine rings is 1. The lowest BCUT2D eigenvalue weighted by molar-refractivity contribution is 0.0529. The molecule has 78 valence electrons. The molecule has 2 aromatic rings. The zero-order valence-electron chi connectivity index (χ0n) is 8.86. The topological polar surface area (TPSA) is 30.7 Å². The zero-order valence-corrected chi connectivity index (χ0v) is 8.86. The average molecular weight is 203 g/mol. The highest BCUT2D eigenvalue weighted by atomic mass is 16.5. The third-order valence-corrected chi connectivity index (χ3v) is 2.39. The molecule has 0 saturated heterocycles. The lowest BCUT2D eigenvalue weighted by Crippen LogP contribution is -2.04. The molecule has 2 heterocycles. The van der Waals surface area contributed by atoms with E-state index < -0.39 is 0 Å². The van der Waals surface area contributed by atoms with Gasteiger partial charge in [-0.25, -0.2) is 4.79 Å². The van der Waals surface area contributed by atoms with Crippen molar-refractivity contribution in [2.75, 3.05) is 6.61 Å². The number of esters is 1. The van der Waals surface area contributed by atoms with Gasteiger partial charge in [0.15, 0.2) is 0 Å². The summed E-state index contributed by atoms with van der Waals surface area (Å²) >= 11 is 0. The van der Waals surface area contributed by atoms with Crippen molar-refractivity contribution >= 4 is 11.5 Å². The SMILES string of the molecule is CCOC(=O)c1ccn2c(C)cccc12. The Labute approximate surface area is 88.3 Å². The Morgan fingerprint density at radius 3 is 2.93 bits per heavy atom. The Hall–Kier alpha value is -1.77. The van der Waals surface area contributed by atoms with E-state index in [-0.39, 0.29) is 5.97 Å². The fourth-order valence-electron chi connectivity index (χ4n) is 1.66. The first-order valence-corrected chi connectivity index (χ1v) is 4.98. The number of carbonyl (C=O) groups is 1. The second-order valence-electron chi connectivity index (χ2n) is 3.37. The van der Waals surface area contributed by atoms with Crippen LogP contribution in [0.25, 0.3) is 5.52 Å². The quantitative estimate of drug-likeness (QED) is 0.702. The molecule has 15 heavy (non-hydrogen) atoms. The molecule has 0 unspecified atom stereocenters. The van der Waals surface area contributed by atoms with Crippen LogP contribution in [0.2, 0.25) is 0 Å². The smallest absolute Gasteiger partial charge is 0.340 e. The average Bonchev–Trinajstić information content (AvgIpc) is 2.63. The molecule has 3 nitrogen and oxygen atoms in total. The summed E-state index contributed by atoms with van der Waals surface area (Å²) in [6.07, 6.45) is 1.89. The van der Waals surface area contributed by atoms with E-state index >= 15 is 0 Å². The van der Waals surface area contributed by atoms with Crippen LogP contribution in [0.15, 0.2) is 30.5 Å². The molecule has 0 amide bonds. The lowest BCUT2D eigenvalue weighted by atomic mass is 10.2. The largest absolute Gasteiger partial charge is 0.462 e. The van der Waals surface area contributed by atoms with Gasteiger partial charge in [-0.1, -0.05) is 6.07 Å². The Balaban J connectivity index is 2.54. The van der Waals surface area contributed by atoms with Crippen molar-refractivity contribution in [3.63, 3.8) is 0 Å². The summed E-state index contributed by atoms with van der Waals surface area (Å²) in [5.74, 6) is -0.259. The van der Waals surface area contributed by atoms with Gasteiger partial charge in [-0.05, 0) is 32.0 Å². The maximum atomic E-state index is 11.6. The van der Waals surface area contributed by atoms with Crippen LogP contribution < -0.4 is 0 Å². The molecule has 3 heteroatoms.